The van der Waals surface area contributed by atoms with Crippen LogP contribution in [0.15, 0.2) is 42.5 Å². The van der Waals surface area contributed by atoms with Gasteiger partial charge >= 0.3 is 0 Å². The van der Waals surface area contributed by atoms with Crippen molar-refractivity contribution in [3.63, 3.8) is 0 Å². The normalized spacial score (nSPS) is 10.9. The number of ether oxygens (including phenoxy) is 1. The van der Waals surface area contributed by atoms with Gasteiger partial charge in [-0.15, -0.1) is 0 Å². The Morgan fingerprint density at radius 3 is 2.25 bits per heavy atom. The Morgan fingerprint density at radius 1 is 1.00 bits per heavy atom. The molecule has 146 valence electrons. The van der Waals surface area contributed by atoms with Gasteiger partial charge in [0.2, 0.25) is 0 Å². The molecule has 2 nitrogen and oxygen atoms in total. The van der Waals surface area contributed by atoms with Gasteiger partial charge in [-0.1, -0.05) is 43.6 Å². The van der Waals surface area contributed by atoms with Crippen molar-refractivity contribution in [2.75, 3.05) is 0 Å². The third-order valence-electron chi connectivity index (χ3n) is 5.08. The Kier molecular flexibility index (Phi) is 6.35. The van der Waals surface area contributed by atoms with Gasteiger partial charge in [0.25, 0.3) is 0 Å². The highest BCUT2D eigenvalue weighted by atomic mass is 35.5. The number of hydrogen-bond acceptors (Lipinski definition) is 2. The van der Waals surface area contributed by atoms with E-state index in [9.17, 15) is 4.39 Å². The number of benzene rings is 2. The van der Waals surface area contributed by atoms with E-state index in [4.69, 9.17) is 21.3 Å². The molecule has 0 saturated heterocycles. The van der Waals surface area contributed by atoms with Crippen LogP contribution in [0.3, 0.4) is 0 Å². The zero-order valence-corrected chi connectivity index (χ0v) is 17.5. The smallest absolute Gasteiger partial charge is 0.166 e. The zero-order valence-electron chi connectivity index (χ0n) is 16.8. The first kappa shape index (κ1) is 20.3. The largest absolute Gasteiger partial charge is 0.486 e. The maximum atomic E-state index is 14.0. The van der Waals surface area contributed by atoms with E-state index < -0.39 is 5.82 Å². The van der Waals surface area contributed by atoms with E-state index in [1.807, 2.05) is 6.92 Å². The molecule has 3 rings (SSSR count). The van der Waals surface area contributed by atoms with Crippen molar-refractivity contribution in [3.8, 4) is 17.0 Å². The molecule has 0 unspecified atom stereocenters. The molecule has 0 atom stereocenters. The monoisotopic (exact) mass is 397 g/mol. The Labute approximate surface area is 171 Å². The first-order chi connectivity index (χ1) is 13.4. The van der Waals surface area contributed by atoms with Crippen LogP contribution in [-0.4, -0.2) is 4.98 Å². The number of aromatic nitrogens is 1. The molecule has 0 aliphatic heterocycles. The minimum atomic E-state index is -0.461. The summed E-state index contributed by atoms with van der Waals surface area (Å²) < 4.78 is 19.7. The molecule has 0 amide bonds. The molecule has 4 heteroatoms. The highest BCUT2D eigenvalue weighted by Crippen LogP contribution is 2.30. The molecule has 0 bridgehead atoms. The second-order valence-electron chi connectivity index (χ2n) is 6.91. The summed E-state index contributed by atoms with van der Waals surface area (Å²) in [5, 5.41) is 0.351. The molecule has 0 radical (unpaired) electrons. The topological polar surface area (TPSA) is 22.1 Å². The summed E-state index contributed by atoms with van der Waals surface area (Å²) in [6.45, 7) is 8.63. The van der Waals surface area contributed by atoms with Crippen LogP contribution in [0.1, 0.15) is 41.8 Å². The van der Waals surface area contributed by atoms with Crippen molar-refractivity contribution >= 4 is 11.6 Å². The van der Waals surface area contributed by atoms with Gasteiger partial charge in [-0.25, -0.2) is 4.39 Å². The predicted octanol–water partition coefficient (Wildman–Crippen LogP) is 6.86. The molecule has 0 saturated carbocycles. The van der Waals surface area contributed by atoms with Crippen LogP contribution in [-0.2, 0) is 19.4 Å². The Hall–Kier alpha value is -2.39. The van der Waals surface area contributed by atoms with Gasteiger partial charge in [0.1, 0.15) is 6.61 Å². The van der Waals surface area contributed by atoms with E-state index in [0.29, 0.717) is 5.02 Å². The highest BCUT2D eigenvalue weighted by molar-refractivity contribution is 6.30. The first-order valence-electron chi connectivity index (χ1n) is 9.60. The standard InChI is InChI=1S/C24H25ClFNO/c1-5-17-8-7-9-18(6-2)24(17)22-12-15(3)20(16(4)27-22)14-28-23-11-10-19(25)13-21(23)26/h7-13H,5-6,14H2,1-4H3. The summed E-state index contributed by atoms with van der Waals surface area (Å²) in [6, 6.07) is 13.0. The summed E-state index contributed by atoms with van der Waals surface area (Å²) in [4.78, 5) is 4.88. The van der Waals surface area contributed by atoms with Crippen LogP contribution in [0.25, 0.3) is 11.3 Å². The molecule has 0 N–H and O–H groups in total. The van der Waals surface area contributed by atoms with Crippen molar-refractivity contribution in [1.82, 2.24) is 4.98 Å². The van der Waals surface area contributed by atoms with Crippen molar-refractivity contribution in [2.45, 2.75) is 47.1 Å². The number of halogens is 2. The number of nitrogens with zero attached hydrogens (tertiary/aromatic N) is 1. The quantitative estimate of drug-likeness (QED) is 0.453. The summed E-state index contributed by atoms with van der Waals surface area (Å²) in [5.74, 6) is -0.270. The lowest BCUT2D eigenvalue weighted by Crippen LogP contribution is -2.06. The summed E-state index contributed by atoms with van der Waals surface area (Å²) >= 11 is 5.80. The lowest BCUT2D eigenvalue weighted by Gasteiger charge is -2.17. The first-order valence-corrected chi connectivity index (χ1v) is 9.98. The second-order valence-corrected chi connectivity index (χ2v) is 7.35. The fourth-order valence-electron chi connectivity index (χ4n) is 3.52. The van der Waals surface area contributed by atoms with Crippen LogP contribution >= 0.6 is 11.6 Å². The van der Waals surface area contributed by atoms with Crippen molar-refractivity contribution in [1.29, 1.82) is 0 Å². The van der Waals surface area contributed by atoms with Gasteiger partial charge in [0, 0.05) is 21.8 Å². The molecule has 0 spiro atoms. The van der Waals surface area contributed by atoms with E-state index in [0.717, 1.165) is 35.4 Å². The number of aryl methyl sites for hydroxylation is 4. The molecule has 28 heavy (non-hydrogen) atoms. The molecule has 1 heterocycles. The van der Waals surface area contributed by atoms with Gasteiger partial charge in [-0.05, 0) is 67.6 Å². The molecule has 2 aromatic carbocycles. The van der Waals surface area contributed by atoms with E-state index in [1.54, 1.807) is 12.1 Å². The number of rotatable bonds is 6. The molecule has 0 fully saturated rings. The van der Waals surface area contributed by atoms with E-state index in [1.165, 1.54) is 22.8 Å². The van der Waals surface area contributed by atoms with Gasteiger partial charge in [0.05, 0.1) is 5.69 Å². The van der Waals surface area contributed by atoms with Crippen LogP contribution in [0.2, 0.25) is 5.02 Å². The molecule has 1 aromatic heterocycles. The van der Waals surface area contributed by atoms with Crippen LogP contribution in [0.5, 0.6) is 5.75 Å². The SMILES string of the molecule is CCc1cccc(CC)c1-c1cc(C)c(COc2ccc(Cl)cc2F)c(C)n1. The minimum Gasteiger partial charge on any atom is -0.486 e. The third-order valence-corrected chi connectivity index (χ3v) is 5.31. The predicted molar refractivity (Wildman–Crippen MR) is 114 cm³/mol. The zero-order chi connectivity index (χ0) is 20.3. The average molecular weight is 398 g/mol. The van der Waals surface area contributed by atoms with Crippen molar-refractivity contribution in [3.05, 3.63) is 81.3 Å². The summed E-state index contributed by atoms with van der Waals surface area (Å²) in [6.07, 6.45) is 1.92. The van der Waals surface area contributed by atoms with Gasteiger partial charge < -0.3 is 4.74 Å². The lowest BCUT2D eigenvalue weighted by atomic mass is 9.93. The fourth-order valence-corrected chi connectivity index (χ4v) is 3.68. The van der Waals surface area contributed by atoms with Gasteiger partial charge in [0.15, 0.2) is 11.6 Å². The Bertz CT molecular complexity index is 955. The summed E-state index contributed by atoms with van der Waals surface area (Å²) in [7, 11) is 0. The maximum Gasteiger partial charge on any atom is 0.166 e. The molecular weight excluding hydrogens is 373 g/mol. The molecular formula is C24H25ClFNO. The lowest BCUT2D eigenvalue weighted by molar-refractivity contribution is 0.288. The molecule has 0 aliphatic rings. The van der Waals surface area contributed by atoms with E-state index in [-0.39, 0.29) is 12.4 Å². The Morgan fingerprint density at radius 2 is 1.68 bits per heavy atom. The Balaban J connectivity index is 1.94. The molecule has 0 aliphatic carbocycles. The number of pyridine rings is 1. The van der Waals surface area contributed by atoms with Gasteiger partial charge in [-0.2, -0.15) is 0 Å². The second kappa shape index (κ2) is 8.74. The van der Waals surface area contributed by atoms with Crippen LogP contribution in [0, 0.1) is 19.7 Å². The summed E-state index contributed by atoms with van der Waals surface area (Å²) in [5.41, 5.74) is 7.80. The fraction of sp³-hybridized carbons (Fsp3) is 0.292. The van der Waals surface area contributed by atoms with E-state index >= 15 is 0 Å². The maximum absolute atomic E-state index is 14.0. The minimum absolute atomic E-state index is 0.192. The van der Waals surface area contributed by atoms with E-state index in [2.05, 4.69) is 45.0 Å². The van der Waals surface area contributed by atoms with Crippen LogP contribution < -0.4 is 4.74 Å². The van der Waals surface area contributed by atoms with Gasteiger partial charge in [-0.3, -0.25) is 4.98 Å². The third kappa shape index (κ3) is 4.20. The number of hydrogen-bond donors (Lipinski definition) is 0. The average Bonchev–Trinajstić information content (AvgIpc) is 2.67. The van der Waals surface area contributed by atoms with Crippen molar-refractivity contribution < 1.29 is 9.13 Å². The van der Waals surface area contributed by atoms with Crippen molar-refractivity contribution in [2.24, 2.45) is 0 Å². The van der Waals surface area contributed by atoms with Crippen LogP contribution in [0.4, 0.5) is 4.39 Å². The molecule has 3 aromatic rings. The highest BCUT2D eigenvalue weighted by Gasteiger charge is 2.15.